The van der Waals surface area contributed by atoms with Crippen molar-refractivity contribution in [3.63, 3.8) is 0 Å². The number of halogens is 1. The standard InChI is InChI=1S/C14H18ClNO5/c1-4-16(5-2)12(17)8-21-13-10(15)6-9(14(18)19)7-11(13)20-3/h6-7H,4-5,8H2,1-3H3,(H,18,19). The summed E-state index contributed by atoms with van der Waals surface area (Å²) in [5.41, 5.74) is -0.0146. The van der Waals surface area contributed by atoms with E-state index < -0.39 is 5.97 Å². The van der Waals surface area contributed by atoms with Crippen LogP contribution in [-0.2, 0) is 4.79 Å². The minimum Gasteiger partial charge on any atom is -0.493 e. The largest absolute Gasteiger partial charge is 0.493 e. The number of carbonyl (C=O) groups excluding carboxylic acids is 1. The maximum atomic E-state index is 11.9. The van der Waals surface area contributed by atoms with E-state index in [0.29, 0.717) is 13.1 Å². The number of hydrogen-bond acceptors (Lipinski definition) is 4. The molecule has 1 aromatic rings. The van der Waals surface area contributed by atoms with Gasteiger partial charge in [-0.2, -0.15) is 0 Å². The first-order chi connectivity index (χ1) is 9.94. The maximum Gasteiger partial charge on any atom is 0.335 e. The van der Waals surface area contributed by atoms with Gasteiger partial charge in [0.1, 0.15) is 0 Å². The molecule has 0 radical (unpaired) electrons. The fourth-order valence-electron chi connectivity index (χ4n) is 1.78. The van der Waals surface area contributed by atoms with E-state index in [4.69, 9.17) is 26.2 Å². The summed E-state index contributed by atoms with van der Waals surface area (Å²) in [6.07, 6.45) is 0. The Hall–Kier alpha value is -1.95. The molecule has 21 heavy (non-hydrogen) atoms. The fourth-order valence-corrected chi connectivity index (χ4v) is 2.05. The van der Waals surface area contributed by atoms with Crippen molar-refractivity contribution in [2.24, 2.45) is 0 Å². The van der Waals surface area contributed by atoms with Gasteiger partial charge in [0.2, 0.25) is 0 Å². The Labute approximate surface area is 128 Å². The highest BCUT2D eigenvalue weighted by Crippen LogP contribution is 2.36. The average molecular weight is 316 g/mol. The molecule has 0 bridgehead atoms. The van der Waals surface area contributed by atoms with Crippen LogP contribution in [0.5, 0.6) is 11.5 Å². The molecule has 0 atom stereocenters. The van der Waals surface area contributed by atoms with Crippen LogP contribution in [0.4, 0.5) is 0 Å². The molecule has 1 amide bonds. The van der Waals surface area contributed by atoms with Crippen molar-refractivity contribution >= 4 is 23.5 Å². The summed E-state index contributed by atoms with van der Waals surface area (Å²) in [7, 11) is 1.37. The lowest BCUT2D eigenvalue weighted by Gasteiger charge is -2.19. The molecule has 1 rings (SSSR count). The number of ether oxygens (including phenoxy) is 2. The zero-order valence-electron chi connectivity index (χ0n) is 12.2. The zero-order valence-corrected chi connectivity index (χ0v) is 12.9. The smallest absolute Gasteiger partial charge is 0.335 e. The molecule has 0 aliphatic rings. The quantitative estimate of drug-likeness (QED) is 0.835. The second kappa shape index (κ2) is 7.73. The first-order valence-corrected chi connectivity index (χ1v) is 6.83. The molecule has 1 aromatic carbocycles. The summed E-state index contributed by atoms with van der Waals surface area (Å²) in [6, 6.07) is 2.55. The predicted octanol–water partition coefficient (Wildman–Crippen LogP) is 2.29. The van der Waals surface area contributed by atoms with E-state index in [9.17, 15) is 9.59 Å². The van der Waals surface area contributed by atoms with Gasteiger partial charge < -0.3 is 19.5 Å². The molecule has 0 aliphatic heterocycles. The highest BCUT2D eigenvalue weighted by molar-refractivity contribution is 6.32. The minimum atomic E-state index is -1.12. The molecular formula is C14H18ClNO5. The van der Waals surface area contributed by atoms with Crippen LogP contribution in [0.15, 0.2) is 12.1 Å². The zero-order chi connectivity index (χ0) is 16.0. The van der Waals surface area contributed by atoms with Gasteiger partial charge in [0.25, 0.3) is 5.91 Å². The third-order valence-electron chi connectivity index (χ3n) is 2.93. The number of benzene rings is 1. The Bertz CT molecular complexity index is 528. The molecule has 7 heteroatoms. The van der Waals surface area contributed by atoms with Gasteiger partial charge in [-0.05, 0) is 26.0 Å². The van der Waals surface area contributed by atoms with E-state index in [2.05, 4.69) is 0 Å². The van der Waals surface area contributed by atoms with Crippen LogP contribution in [0.2, 0.25) is 5.02 Å². The normalized spacial score (nSPS) is 10.1. The van der Waals surface area contributed by atoms with Crippen molar-refractivity contribution in [3.8, 4) is 11.5 Å². The number of carbonyl (C=O) groups is 2. The Morgan fingerprint density at radius 3 is 2.38 bits per heavy atom. The number of carboxylic acid groups (broad SMARTS) is 1. The van der Waals surface area contributed by atoms with Crippen LogP contribution >= 0.6 is 11.6 Å². The van der Waals surface area contributed by atoms with Crippen LogP contribution in [-0.4, -0.2) is 48.7 Å². The van der Waals surface area contributed by atoms with E-state index in [-0.39, 0.29) is 34.6 Å². The molecule has 0 saturated carbocycles. The van der Waals surface area contributed by atoms with Crippen molar-refractivity contribution in [1.82, 2.24) is 4.90 Å². The van der Waals surface area contributed by atoms with Crippen molar-refractivity contribution < 1.29 is 24.2 Å². The highest BCUT2D eigenvalue weighted by atomic mass is 35.5. The molecule has 1 N–H and O–H groups in total. The molecule has 0 saturated heterocycles. The summed E-state index contributed by atoms with van der Waals surface area (Å²) in [5, 5.41) is 9.04. The van der Waals surface area contributed by atoms with Gasteiger partial charge in [0.15, 0.2) is 18.1 Å². The third kappa shape index (κ3) is 4.26. The molecule has 0 heterocycles. The van der Waals surface area contributed by atoms with Crippen molar-refractivity contribution in [3.05, 3.63) is 22.7 Å². The second-order valence-corrected chi connectivity index (χ2v) is 4.56. The predicted molar refractivity (Wildman–Crippen MR) is 78.4 cm³/mol. The molecular weight excluding hydrogens is 298 g/mol. The SMILES string of the molecule is CCN(CC)C(=O)COc1c(Cl)cc(C(=O)O)cc1OC. The molecule has 0 aromatic heterocycles. The fraction of sp³-hybridized carbons (Fsp3) is 0.429. The molecule has 0 aliphatic carbocycles. The van der Waals surface area contributed by atoms with Gasteiger partial charge in [-0.15, -0.1) is 0 Å². The van der Waals surface area contributed by atoms with Crippen LogP contribution in [0.25, 0.3) is 0 Å². The number of rotatable bonds is 7. The van der Waals surface area contributed by atoms with Crippen LogP contribution in [0.3, 0.4) is 0 Å². The van der Waals surface area contributed by atoms with E-state index in [0.717, 1.165) is 0 Å². The summed E-state index contributed by atoms with van der Waals surface area (Å²) in [6.45, 7) is 4.72. The monoisotopic (exact) mass is 315 g/mol. The Morgan fingerprint density at radius 2 is 1.90 bits per heavy atom. The Kier molecular flexibility index (Phi) is 6.30. The van der Waals surface area contributed by atoms with E-state index in [1.165, 1.54) is 19.2 Å². The minimum absolute atomic E-state index is 0.0146. The first kappa shape index (κ1) is 17.1. The Balaban J connectivity index is 2.93. The third-order valence-corrected chi connectivity index (χ3v) is 3.21. The van der Waals surface area contributed by atoms with Gasteiger partial charge >= 0.3 is 5.97 Å². The summed E-state index contributed by atoms with van der Waals surface area (Å²) in [5.74, 6) is -0.974. The highest BCUT2D eigenvalue weighted by Gasteiger charge is 2.17. The average Bonchev–Trinajstić information content (AvgIpc) is 2.46. The van der Waals surface area contributed by atoms with E-state index in [1.54, 1.807) is 4.90 Å². The second-order valence-electron chi connectivity index (χ2n) is 4.15. The van der Waals surface area contributed by atoms with Crippen molar-refractivity contribution in [2.75, 3.05) is 26.8 Å². The Morgan fingerprint density at radius 1 is 1.29 bits per heavy atom. The van der Waals surface area contributed by atoms with Gasteiger partial charge in [0.05, 0.1) is 17.7 Å². The number of nitrogens with zero attached hydrogens (tertiary/aromatic N) is 1. The van der Waals surface area contributed by atoms with Gasteiger partial charge in [0, 0.05) is 13.1 Å². The van der Waals surface area contributed by atoms with Crippen molar-refractivity contribution in [1.29, 1.82) is 0 Å². The summed E-state index contributed by atoms with van der Waals surface area (Å²) in [4.78, 5) is 24.5. The maximum absolute atomic E-state index is 11.9. The van der Waals surface area contributed by atoms with Crippen molar-refractivity contribution in [2.45, 2.75) is 13.8 Å². The van der Waals surface area contributed by atoms with Crippen LogP contribution in [0.1, 0.15) is 24.2 Å². The van der Waals surface area contributed by atoms with Gasteiger partial charge in [-0.3, -0.25) is 4.79 Å². The van der Waals surface area contributed by atoms with E-state index >= 15 is 0 Å². The first-order valence-electron chi connectivity index (χ1n) is 6.45. The van der Waals surface area contributed by atoms with Gasteiger partial charge in [-0.1, -0.05) is 11.6 Å². The topological polar surface area (TPSA) is 76.1 Å². The van der Waals surface area contributed by atoms with Gasteiger partial charge in [-0.25, -0.2) is 4.79 Å². The van der Waals surface area contributed by atoms with E-state index in [1.807, 2.05) is 13.8 Å². The lowest BCUT2D eigenvalue weighted by atomic mass is 10.2. The number of methoxy groups -OCH3 is 1. The number of amides is 1. The van der Waals surface area contributed by atoms with Crippen LogP contribution in [0, 0.1) is 0 Å². The molecule has 6 nitrogen and oxygen atoms in total. The lowest BCUT2D eigenvalue weighted by Crippen LogP contribution is -2.34. The molecule has 0 fully saturated rings. The molecule has 0 spiro atoms. The summed E-state index contributed by atoms with van der Waals surface area (Å²) < 4.78 is 10.5. The lowest BCUT2D eigenvalue weighted by molar-refractivity contribution is -0.132. The number of carboxylic acids is 1. The molecule has 116 valence electrons. The number of hydrogen-bond donors (Lipinski definition) is 1. The summed E-state index contributed by atoms with van der Waals surface area (Å²) >= 11 is 5.99. The number of aromatic carboxylic acids is 1. The molecule has 0 unspecified atom stereocenters. The van der Waals surface area contributed by atoms with Crippen LogP contribution < -0.4 is 9.47 Å². The number of likely N-dealkylation sites (N-methyl/N-ethyl adjacent to an activating group) is 1.